The number of hydrogen-bond acceptors (Lipinski definition) is 6. The van der Waals surface area contributed by atoms with Gasteiger partial charge in [0.05, 0.1) is 23.9 Å². The fraction of sp³-hybridized carbons (Fsp3) is 0.207. The van der Waals surface area contributed by atoms with Crippen molar-refractivity contribution >= 4 is 27.7 Å². The Kier molecular flexibility index (Phi) is 7.03. The van der Waals surface area contributed by atoms with Gasteiger partial charge in [0, 0.05) is 11.8 Å². The van der Waals surface area contributed by atoms with Crippen LogP contribution in [0.25, 0.3) is 5.69 Å². The second-order valence-corrected chi connectivity index (χ2v) is 9.99. The van der Waals surface area contributed by atoms with Crippen molar-refractivity contribution in [2.75, 3.05) is 12.4 Å². The Labute approximate surface area is 227 Å². The molecule has 0 amide bonds. The van der Waals surface area contributed by atoms with E-state index in [9.17, 15) is 14.0 Å². The third kappa shape index (κ3) is 5.06. The molecule has 4 aromatic rings. The lowest BCUT2D eigenvalue weighted by Crippen LogP contribution is -2.29. The number of esters is 1. The van der Waals surface area contributed by atoms with E-state index in [0.29, 0.717) is 22.5 Å². The maximum Gasteiger partial charge on any atom is 0.340 e. The Balaban J connectivity index is 1.49. The van der Waals surface area contributed by atoms with Crippen molar-refractivity contribution in [3.63, 3.8) is 0 Å². The van der Waals surface area contributed by atoms with E-state index in [1.807, 2.05) is 54.6 Å². The molecule has 0 unspecified atom stereocenters. The summed E-state index contributed by atoms with van der Waals surface area (Å²) in [5.74, 6) is -0.694. The molecule has 1 saturated carbocycles. The van der Waals surface area contributed by atoms with Gasteiger partial charge in [-0.3, -0.25) is 9.36 Å². The molecule has 0 aliphatic heterocycles. The van der Waals surface area contributed by atoms with Gasteiger partial charge < -0.3 is 14.8 Å². The molecule has 1 aliphatic rings. The van der Waals surface area contributed by atoms with Crippen LogP contribution in [0.5, 0.6) is 5.75 Å². The minimum absolute atomic E-state index is 0.123. The number of halogens is 2. The number of methoxy groups -OCH3 is 1. The second kappa shape index (κ2) is 10.4. The summed E-state index contributed by atoms with van der Waals surface area (Å²) in [5, 5.41) is 3.36. The number of para-hydroxylation sites is 1. The highest BCUT2D eigenvalue weighted by molar-refractivity contribution is 9.10. The minimum atomic E-state index is -0.827. The van der Waals surface area contributed by atoms with Crippen molar-refractivity contribution in [3.8, 4) is 11.4 Å². The Hall–Kier alpha value is -3.98. The van der Waals surface area contributed by atoms with Crippen molar-refractivity contribution < 1.29 is 18.7 Å². The van der Waals surface area contributed by atoms with Crippen LogP contribution in [0, 0.1) is 12.7 Å². The molecular formula is C29H25BrFN3O4. The summed E-state index contributed by atoms with van der Waals surface area (Å²) in [6, 6.07) is 20.2. The average molecular weight is 578 g/mol. The third-order valence-electron chi connectivity index (χ3n) is 6.57. The summed E-state index contributed by atoms with van der Waals surface area (Å²) < 4.78 is 27.0. The summed E-state index contributed by atoms with van der Waals surface area (Å²) >= 11 is 3.39. The second-order valence-electron chi connectivity index (χ2n) is 9.18. The van der Waals surface area contributed by atoms with Gasteiger partial charge in [0.15, 0.2) is 5.82 Å². The summed E-state index contributed by atoms with van der Waals surface area (Å²) in [4.78, 5) is 30.1. The van der Waals surface area contributed by atoms with Crippen LogP contribution in [0.3, 0.4) is 0 Å². The standard InChI is InChI=1S/C29H25BrFN3O4/c1-18-14-22(31)20(28(36)37-2)15-23(18)34-16-25(30)32-26(27(34)35)33-29(12-13-29)21-10-6-7-11-24(21)38-17-19-8-4-3-5-9-19/h3-11,14-16H,12-13,17H2,1-2H3,(H,32,33). The van der Waals surface area contributed by atoms with Crippen LogP contribution in [-0.2, 0) is 16.9 Å². The van der Waals surface area contributed by atoms with Crippen molar-refractivity contribution in [1.82, 2.24) is 9.55 Å². The van der Waals surface area contributed by atoms with Crippen LogP contribution >= 0.6 is 15.9 Å². The highest BCUT2D eigenvalue weighted by atomic mass is 79.9. The van der Waals surface area contributed by atoms with E-state index >= 15 is 0 Å². The Morgan fingerprint density at radius 1 is 1.13 bits per heavy atom. The van der Waals surface area contributed by atoms with Crippen LogP contribution in [-0.4, -0.2) is 22.6 Å². The molecule has 3 aromatic carbocycles. The maximum absolute atomic E-state index is 14.4. The SMILES string of the molecule is COC(=O)c1cc(-n2cc(Br)nc(NC3(c4ccccc4OCc4ccccc4)CC3)c2=O)c(C)cc1F. The molecule has 1 N–H and O–H groups in total. The average Bonchev–Trinajstić information content (AvgIpc) is 3.70. The fourth-order valence-electron chi connectivity index (χ4n) is 4.45. The summed E-state index contributed by atoms with van der Waals surface area (Å²) in [5.41, 5.74) is 1.60. The Morgan fingerprint density at radius 2 is 1.84 bits per heavy atom. The molecule has 1 fully saturated rings. The monoisotopic (exact) mass is 577 g/mol. The van der Waals surface area contributed by atoms with Crippen LogP contribution in [0.2, 0.25) is 0 Å². The number of ether oxygens (including phenoxy) is 2. The molecule has 194 valence electrons. The molecule has 0 saturated heterocycles. The zero-order valence-electron chi connectivity index (χ0n) is 20.8. The van der Waals surface area contributed by atoms with Crippen LogP contribution < -0.4 is 15.6 Å². The first-order chi connectivity index (χ1) is 18.3. The lowest BCUT2D eigenvalue weighted by Gasteiger charge is -2.22. The lowest BCUT2D eigenvalue weighted by molar-refractivity contribution is 0.0595. The van der Waals surface area contributed by atoms with Gasteiger partial charge in [-0.15, -0.1) is 0 Å². The fourth-order valence-corrected chi connectivity index (χ4v) is 4.83. The first-order valence-corrected chi connectivity index (χ1v) is 12.8. The quantitative estimate of drug-likeness (QED) is 0.262. The van der Waals surface area contributed by atoms with Crippen LogP contribution in [0.1, 0.15) is 39.9 Å². The maximum atomic E-state index is 14.4. The number of nitrogens with zero attached hydrogens (tertiary/aromatic N) is 2. The molecule has 1 aromatic heterocycles. The third-order valence-corrected chi connectivity index (χ3v) is 6.96. The van der Waals surface area contributed by atoms with E-state index in [2.05, 4.69) is 26.2 Å². The highest BCUT2D eigenvalue weighted by Gasteiger charge is 2.47. The van der Waals surface area contributed by atoms with E-state index in [0.717, 1.165) is 29.7 Å². The highest BCUT2D eigenvalue weighted by Crippen LogP contribution is 2.51. The number of rotatable bonds is 8. The van der Waals surface area contributed by atoms with Crippen molar-refractivity contribution in [3.05, 3.63) is 116 Å². The molecule has 1 heterocycles. The molecule has 0 atom stereocenters. The van der Waals surface area contributed by atoms with E-state index in [-0.39, 0.29) is 11.4 Å². The molecule has 0 radical (unpaired) electrons. The lowest BCUT2D eigenvalue weighted by atomic mass is 10.0. The molecule has 7 nitrogen and oxygen atoms in total. The van der Waals surface area contributed by atoms with E-state index in [4.69, 9.17) is 9.47 Å². The van der Waals surface area contributed by atoms with Gasteiger partial charge in [-0.1, -0.05) is 48.5 Å². The van der Waals surface area contributed by atoms with Crippen molar-refractivity contribution in [2.24, 2.45) is 0 Å². The van der Waals surface area contributed by atoms with Gasteiger partial charge >= 0.3 is 5.97 Å². The normalized spacial score (nSPS) is 13.6. The molecule has 0 spiro atoms. The molecule has 0 bridgehead atoms. The predicted molar refractivity (Wildman–Crippen MR) is 145 cm³/mol. The largest absolute Gasteiger partial charge is 0.489 e. The van der Waals surface area contributed by atoms with Gasteiger partial charge in [0.2, 0.25) is 0 Å². The van der Waals surface area contributed by atoms with Gasteiger partial charge in [-0.05, 0) is 65.0 Å². The first kappa shape index (κ1) is 25.7. The van der Waals surface area contributed by atoms with E-state index < -0.39 is 22.9 Å². The smallest absolute Gasteiger partial charge is 0.340 e. The molecule has 1 aliphatic carbocycles. The zero-order valence-corrected chi connectivity index (χ0v) is 22.4. The number of benzene rings is 3. The molecule has 9 heteroatoms. The molecule has 38 heavy (non-hydrogen) atoms. The van der Waals surface area contributed by atoms with Crippen LogP contribution in [0.15, 0.2) is 82.3 Å². The molecule has 5 rings (SSSR count). The zero-order chi connectivity index (χ0) is 26.9. The van der Waals surface area contributed by atoms with Gasteiger partial charge in [0.25, 0.3) is 5.56 Å². The Morgan fingerprint density at radius 3 is 2.55 bits per heavy atom. The summed E-state index contributed by atoms with van der Waals surface area (Å²) in [7, 11) is 1.18. The van der Waals surface area contributed by atoms with Crippen LogP contribution in [0.4, 0.5) is 10.2 Å². The molecular weight excluding hydrogens is 553 g/mol. The van der Waals surface area contributed by atoms with E-state index in [1.54, 1.807) is 6.92 Å². The number of aryl methyl sites for hydroxylation is 1. The first-order valence-electron chi connectivity index (χ1n) is 12.0. The predicted octanol–water partition coefficient (Wildman–Crippen LogP) is 5.91. The number of nitrogens with one attached hydrogen (secondary N) is 1. The number of carbonyl (C=O) groups excluding carboxylic acids is 1. The van der Waals surface area contributed by atoms with Crippen molar-refractivity contribution in [1.29, 1.82) is 0 Å². The summed E-state index contributed by atoms with van der Waals surface area (Å²) in [6.45, 7) is 2.08. The van der Waals surface area contributed by atoms with Gasteiger partial charge in [-0.25, -0.2) is 14.2 Å². The number of hydrogen-bond donors (Lipinski definition) is 1. The number of anilines is 1. The Bertz CT molecular complexity index is 1570. The minimum Gasteiger partial charge on any atom is -0.489 e. The topological polar surface area (TPSA) is 82.5 Å². The number of carbonyl (C=O) groups is 1. The van der Waals surface area contributed by atoms with E-state index in [1.165, 1.54) is 30.0 Å². The van der Waals surface area contributed by atoms with Gasteiger partial charge in [-0.2, -0.15) is 0 Å². The van der Waals surface area contributed by atoms with Gasteiger partial charge in [0.1, 0.15) is 22.8 Å². The van der Waals surface area contributed by atoms with Crippen molar-refractivity contribution in [2.45, 2.75) is 31.9 Å². The summed E-state index contributed by atoms with van der Waals surface area (Å²) in [6.07, 6.45) is 3.06. The number of aromatic nitrogens is 2.